The number of hydrogen-bond acceptors (Lipinski definition) is 5. The standard InChI is InChI=1S/C23H27N3O4/c1-28-20-5-2-17(3-6-20)14-25-16-19-15-24(8-9-26(19)23(25)27)13-18-4-7-21-22(12-18)30-11-10-29-21/h2-7,12,19H,8-11,13-16H2,1H3/t19-/m1/s1. The molecule has 2 fully saturated rings. The van der Waals surface area contributed by atoms with Gasteiger partial charge in [0.25, 0.3) is 0 Å². The molecule has 7 nitrogen and oxygen atoms in total. The van der Waals surface area contributed by atoms with Crippen LogP contribution in [0, 0.1) is 0 Å². The molecule has 0 N–H and O–H groups in total. The van der Waals surface area contributed by atoms with Gasteiger partial charge in [-0.3, -0.25) is 4.90 Å². The molecule has 2 saturated heterocycles. The zero-order valence-electron chi connectivity index (χ0n) is 17.3. The minimum absolute atomic E-state index is 0.148. The fraction of sp³-hybridized carbons (Fsp3) is 0.435. The van der Waals surface area contributed by atoms with E-state index in [9.17, 15) is 4.79 Å². The maximum atomic E-state index is 12.9. The van der Waals surface area contributed by atoms with Gasteiger partial charge >= 0.3 is 6.03 Å². The van der Waals surface area contributed by atoms with Gasteiger partial charge in [-0.25, -0.2) is 4.79 Å². The Morgan fingerprint density at radius 3 is 2.50 bits per heavy atom. The maximum Gasteiger partial charge on any atom is 0.320 e. The molecule has 0 radical (unpaired) electrons. The quantitative estimate of drug-likeness (QED) is 0.760. The first-order valence-corrected chi connectivity index (χ1v) is 10.5. The highest BCUT2D eigenvalue weighted by atomic mass is 16.6. The van der Waals surface area contributed by atoms with Crippen LogP contribution in [-0.2, 0) is 13.1 Å². The first-order valence-electron chi connectivity index (χ1n) is 10.5. The Balaban J connectivity index is 1.20. The summed E-state index contributed by atoms with van der Waals surface area (Å²) in [7, 11) is 1.66. The lowest BCUT2D eigenvalue weighted by atomic mass is 10.1. The molecule has 0 aromatic heterocycles. The van der Waals surface area contributed by atoms with E-state index in [1.807, 2.05) is 40.1 Å². The van der Waals surface area contributed by atoms with Crippen molar-refractivity contribution >= 4 is 6.03 Å². The molecule has 0 unspecified atom stereocenters. The molecular weight excluding hydrogens is 382 g/mol. The summed E-state index contributed by atoms with van der Waals surface area (Å²) >= 11 is 0. The maximum absolute atomic E-state index is 12.9. The minimum Gasteiger partial charge on any atom is -0.497 e. The van der Waals surface area contributed by atoms with Gasteiger partial charge in [0.1, 0.15) is 19.0 Å². The average Bonchev–Trinajstić information content (AvgIpc) is 3.09. The molecule has 2 aromatic rings. The van der Waals surface area contributed by atoms with Crippen molar-refractivity contribution in [2.45, 2.75) is 19.1 Å². The van der Waals surface area contributed by atoms with Gasteiger partial charge in [0.15, 0.2) is 11.5 Å². The summed E-state index contributed by atoms with van der Waals surface area (Å²) < 4.78 is 16.5. The minimum atomic E-state index is 0.148. The van der Waals surface area contributed by atoms with E-state index in [4.69, 9.17) is 14.2 Å². The predicted octanol–water partition coefficient (Wildman–Crippen LogP) is 2.59. The molecule has 158 valence electrons. The fourth-order valence-electron chi connectivity index (χ4n) is 4.51. The van der Waals surface area contributed by atoms with Crippen molar-refractivity contribution in [3.05, 3.63) is 53.6 Å². The van der Waals surface area contributed by atoms with E-state index in [1.165, 1.54) is 5.56 Å². The molecule has 0 saturated carbocycles. The van der Waals surface area contributed by atoms with Crippen LogP contribution in [0.3, 0.4) is 0 Å². The third-order valence-corrected chi connectivity index (χ3v) is 6.06. The molecule has 30 heavy (non-hydrogen) atoms. The molecular formula is C23H27N3O4. The Kier molecular flexibility index (Phi) is 5.12. The number of carbonyl (C=O) groups is 1. The summed E-state index contributed by atoms with van der Waals surface area (Å²) in [4.78, 5) is 19.3. The van der Waals surface area contributed by atoms with Crippen molar-refractivity contribution in [3.8, 4) is 17.2 Å². The lowest BCUT2D eigenvalue weighted by Crippen LogP contribution is -2.51. The summed E-state index contributed by atoms with van der Waals surface area (Å²) in [6.45, 7) is 6.01. The van der Waals surface area contributed by atoms with Gasteiger partial charge in [0.2, 0.25) is 0 Å². The lowest BCUT2D eigenvalue weighted by Gasteiger charge is -2.36. The van der Waals surface area contributed by atoms with E-state index in [-0.39, 0.29) is 12.1 Å². The van der Waals surface area contributed by atoms with Crippen molar-refractivity contribution in [2.24, 2.45) is 0 Å². The van der Waals surface area contributed by atoms with Crippen LogP contribution >= 0.6 is 0 Å². The molecule has 1 atom stereocenters. The van der Waals surface area contributed by atoms with Crippen LogP contribution in [-0.4, -0.2) is 73.3 Å². The topological polar surface area (TPSA) is 54.5 Å². The molecule has 3 aliphatic rings. The molecule has 2 amide bonds. The van der Waals surface area contributed by atoms with Gasteiger partial charge < -0.3 is 24.0 Å². The van der Waals surface area contributed by atoms with Crippen LogP contribution in [0.2, 0.25) is 0 Å². The van der Waals surface area contributed by atoms with Gasteiger partial charge in [-0.1, -0.05) is 18.2 Å². The number of amides is 2. The zero-order valence-corrected chi connectivity index (χ0v) is 17.3. The fourth-order valence-corrected chi connectivity index (χ4v) is 4.51. The van der Waals surface area contributed by atoms with Gasteiger partial charge in [0.05, 0.1) is 13.2 Å². The Morgan fingerprint density at radius 1 is 0.933 bits per heavy atom. The van der Waals surface area contributed by atoms with Crippen LogP contribution in [0.15, 0.2) is 42.5 Å². The number of hydrogen-bond donors (Lipinski definition) is 0. The second kappa shape index (κ2) is 8.07. The lowest BCUT2D eigenvalue weighted by molar-refractivity contribution is 0.116. The summed E-state index contributed by atoms with van der Waals surface area (Å²) in [5.41, 5.74) is 2.34. The van der Waals surface area contributed by atoms with E-state index in [0.717, 1.165) is 55.5 Å². The second-order valence-corrected chi connectivity index (χ2v) is 8.07. The molecule has 0 spiro atoms. The molecule has 3 heterocycles. The number of rotatable bonds is 5. The first kappa shape index (κ1) is 19.1. The molecule has 5 rings (SSSR count). The van der Waals surface area contributed by atoms with Gasteiger partial charge in [-0.2, -0.15) is 0 Å². The van der Waals surface area contributed by atoms with Crippen LogP contribution in [0.25, 0.3) is 0 Å². The highest BCUT2D eigenvalue weighted by molar-refractivity contribution is 5.77. The summed E-state index contributed by atoms with van der Waals surface area (Å²) in [5.74, 6) is 2.49. The summed E-state index contributed by atoms with van der Waals surface area (Å²) in [6.07, 6.45) is 0. The number of ether oxygens (including phenoxy) is 3. The van der Waals surface area contributed by atoms with Crippen molar-refractivity contribution in [1.29, 1.82) is 0 Å². The number of methoxy groups -OCH3 is 1. The Bertz CT molecular complexity index is 917. The second-order valence-electron chi connectivity index (χ2n) is 8.07. The van der Waals surface area contributed by atoms with Crippen molar-refractivity contribution in [2.75, 3.05) is 46.5 Å². The molecule has 3 aliphatic heterocycles. The van der Waals surface area contributed by atoms with Crippen molar-refractivity contribution in [3.63, 3.8) is 0 Å². The first-order chi connectivity index (χ1) is 14.7. The average molecular weight is 409 g/mol. The van der Waals surface area contributed by atoms with Gasteiger partial charge in [-0.15, -0.1) is 0 Å². The van der Waals surface area contributed by atoms with Gasteiger partial charge in [-0.05, 0) is 35.4 Å². The molecule has 2 aromatic carbocycles. The highest BCUT2D eigenvalue weighted by Crippen LogP contribution is 2.31. The van der Waals surface area contributed by atoms with Crippen molar-refractivity contribution in [1.82, 2.24) is 14.7 Å². The molecule has 0 bridgehead atoms. The number of carbonyl (C=O) groups excluding carboxylic acids is 1. The van der Waals surface area contributed by atoms with E-state index >= 15 is 0 Å². The van der Waals surface area contributed by atoms with E-state index < -0.39 is 0 Å². The molecule has 7 heteroatoms. The van der Waals surface area contributed by atoms with E-state index in [1.54, 1.807) is 7.11 Å². The highest BCUT2D eigenvalue weighted by Gasteiger charge is 2.40. The van der Waals surface area contributed by atoms with Gasteiger partial charge in [0, 0.05) is 39.3 Å². The van der Waals surface area contributed by atoms with Crippen LogP contribution in [0.1, 0.15) is 11.1 Å². The number of benzene rings is 2. The van der Waals surface area contributed by atoms with Crippen LogP contribution in [0.4, 0.5) is 4.79 Å². The summed E-state index contributed by atoms with van der Waals surface area (Å²) in [5, 5.41) is 0. The van der Waals surface area contributed by atoms with E-state index in [2.05, 4.69) is 17.0 Å². The number of piperazine rings is 1. The molecule has 0 aliphatic carbocycles. The monoisotopic (exact) mass is 409 g/mol. The normalized spacial score (nSPS) is 21.0. The smallest absolute Gasteiger partial charge is 0.320 e. The number of nitrogens with zero attached hydrogens (tertiary/aromatic N) is 3. The Labute approximate surface area is 176 Å². The predicted molar refractivity (Wildman–Crippen MR) is 112 cm³/mol. The number of urea groups is 1. The zero-order chi connectivity index (χ0) is 20.5. The number of fused-ring (bicyclic) bond motifs is 2. The third-order valence-electron chi connectivity index (χ3n) is 6.06. The third kappa shape index (κ3) is 3.77. The van der Waals surface area contributed by atoms with E-state index in [0.29, 0.717) is 19.8 Å². The Morgan fingerprint density at radius 2 is 1.70 bits per heavy atom. The Hall–Kier alpha value is -2.93. The SMILES string of the molecule is COc1ccc(CN2C[C@H]3CN(Cc4ccc5c(c4)OCCO5)CCN3C2=O)cc1. The van der Waals surface area contributed by atoms with Crippen molar-refractivity contribution < 1.29 is 19.0 Å². The largest absolute Gasteiger partial charge is 0.497 e. The van der Waals surface area contributed by atoms with Crippen LogP contribution in [0.5, 0.6) is 17.2 Å². The van der Waals surface area contributed by atoms with Crippen LogP contribution < -0.4 is 14.2 Å². The summed E-state index contributed by atoms with van der Waals surface area (Å²) in [6, 6.07) is 14.5.